The molecule has 0 radical (unpaired) electrons. The van der Waals surface area contributed by atoms with Crippen LogP contribution < -0.4 is 4.57 Å². The van der Waals surface area contributed by atoms with E-state index in [2.05, 4.69) is 61.6 Å². The lowest BCUT2D eigenvalue weighted by atomic mass is 10.0. The van der Waals surface area contributed by atoms with Gasteiger partial charge in [0.05, 0.1) is 10.9 Å². The first-order valence-corrected chi connectivity index (χ1v) is 6.24. The second-order valence-electron chi connectivity index (χ2n) is 5.00. The number of fused-ring (bicyclic) bond motifs is 3. The maximum absolute atomic E-state index is 4.55. The number of aromatic nitrogens is 2. The molecule has 0 N–H and O–H groups in total. The Kier molecular flexibility index (Phi) is 2.34. The molecule has 0 aliphatic heterocycles. The largest absolute Gasteiger partial charge is 0.256 e. The molecule has 2 heteroatoms. The van der Waals surface area contributed by atoms with Gasteiger partial charge in [0, 0.05) is 24.6 Å². The molecule has 2 aromatic heterocycles. The summed E-state index contributed by atoms with van der Waals surface area (Å²) >= 11 is 0. The van der Waals surface area contributed by atoms with Crippen LogP contribution >= 0.6 is 0 Å². The fraction of sp³-hybridized carbons (Fsp3) is 0.250. The second kappa shape index (κ2) is 3.77. The van der Waals surface area contributed by atoms with Crippen LogP contribution in [0.5, 0.6) is 0 Å². The minimum absolute atomic E-state index is 1.08. The smallest absolute Gasteiger partial charge is 0.222 e. The Balaban J connectivity index is 2.67. The SMILES string of the molecule is Cc1cnc2ccc3ccc(C)[n+](C)c3c2c1C. The fourth-order valence-corrected chi connectivity index (χ4v) is 2.53. The van der Waals surface area contributed by atoms with Crippen molar-refractivity contribution in [3.05, 3.63) is 47.3 Å². The lowest BCUT2D eigenvalue weighted by molar-refractivity contribution is -0.650. The number of pyridine rings is 2. The van der Waals surface area contributed by atoms with Crippen molar-refractivity contribution in [1.82, 2.24) is 4.98 Å². The van der Waals surface area contributed by atoms with E-state index in [-0.39, 0.29) is 0 Å². The average Bonchev–Trinajstić information content (AvgIpc) is 2.38. The molecular formula is C16H17N2+. The van der Waals surface area contributed by atoms with Crippen molar-refractivity contribution < 1.29 is 4.57 Å². The van der Waals surface area contributed by atoms with Gasteiger partial charge in [-0.3, -0.25) is 4.98 Å². The summed E-state index contributed by atoms with van der Waals surface area (Å²) < 4.78 is 2.26. The number of nitrogens with zero attached hydrogens (tertiary/aromatic N) is 2. The molecule has 18 heavy (non-hydrogen) atoms. The zero-order valence-corrected chi connectivity index (χ0v) is 11.3. The van der Waals surface area contributed by atoms with Gasteiger partial charge in [0.15, 0.2) is 5.69 Å². The summed E-state index contributed by atoms with van der Waals surface area (Å²) in [6.07, 6.45) is 1.96. The third-order valence-corrected chi connectivity index (χ3v) is 3.92. The molecule has 0 atom stereocenters. The van der Waals surface area contributed by atoms with Gasteiger partial charge < -0.3 is 0 Å². The molecule has 0 aliphatic rings. The highest BCUT2D eigenvalue weighted by atomic mass is 14.9. The Labute approximate surface area is 107 Å². The van der Waals surface area contributed by atoms with Crippen LogP contribution in [-0.2, 0) is 7.05 Å². The van der Waals surface area contributed by atoms with Gasteiger partial charge in [-0.25, -0.2) is 0 Å². The van der Waals surface area contributed by atoms with Crippen molar-refractivity contribution in [3.8, 4) is 0 Å². The molecule has 0 aliphatic carbocycles. The fourth-order valence-electron chi connectivity index (χ4n) is 2.53. The van der Waals surface area contributed by atoms with E-state index >= 15 is 0 Å². The van der Waals surface area contributed by atoms with Crippen molar-refractivity contribution >= 4 is 21.8 Å². The highest BCUT2D eigenvalue weighted by molar-refractivity contribution is 6.03. The first-order chi connectivity index (χ1) is 8.59. The molecular weight excluding hydrogens is 220 g/mol. The lowest BCUT2D eigenvalue weighted by Crippen LogP contribution is -2.32. The van der Waals surface area contributed by atoms with Gasteiger partial charge in [0.25, 0.3) is 0 Å². The molecule has 2 nitrogen and oxygen atoms in total. The summed E-state index contributed by atoms with van der Waals surface area (Å²) in [4.78, 5) is 4.55. The molecule has 1 aromatic carbocycles. The molecule has 0 saturated heterocycles. The molecule has 0 fully saturated rings. The molecule has 2 heterocycles. The third-order valence-electron chi connectivity index (χ3n) is 3.92. The van der Waals surface area contributed by atoms with E-state index in [1.165, 1.54) is 33.1 Å². The number of benzene rings is 1. The van der Waals surface area contributed by atoms with Crippen molar-refractivity contribution in [2.75, 3.05) is 0 Å². The Morgan fingerprint density at radius 1 is 1.00 bits per heavy atom. The number of rotatable bonds is 0. The first kappa shape index (κ1) is 11.1. The minimum atomic E-state index is 1.08. The molecule has 0 unspecified atom stereocenters. The highest BCUT2D eigenvalue weighted by Gasteiger charge is 2.15. The van der Waals surface area contributed by atoms with Crippen LogP contribution in [-0.4, -0.2) is 4.98 Å². The van der Waals surface area contributed by atoms with Crippen LogP contribution in [0.3, 0.4) is 0 Å². The van der Waals surface area contributed by atoms with Crippen LogP contribution in [0.15, 0.2) is 30.5 Å². The molecule has 0 saturated carbocycles. The van der Waals surface area contributed by atoms with Gasteiger partial charge in [-0.05, 0) is 43.2 Å². The zero-order valence-electron chi connectivity index (χ0n) is 11.3. The number of hydrogen-bond donors (Lipinski definition) is 0. The van der Waals surface area contributed by atoms with E-state index in [4.69, 9.17) is 0 Å². The standard InChI is InChI=1S/C16H17N2/c1-10-9-17-14-8-7-13-6-5-11(2)18(4)16(13)15(14)12(10)3/h5-9H,1-4H3/q+1. The summed E-state index contributed by atoms with van der Waals surface area (Å²) in [6, 6.07) is 8.61. The molecule has 0 spiro atoms. The number of hydrogen-bond acceptors (Lipinski definition) is 1. The Morgan fingerprint density at radius 3 is 2.50 bits per heavy atom. The zero-order chi connectivity index (χ0) is 12.9. The lowest BCUT2D eigenvalue weighted by Gasteiger charge is -2.07. The van der Waals surface area contributed by atoms with Crippen molar-refractivity contribution in [2.24, 2.45) is 7.05 Å². The van der Waals surface area contributed by atoms with Gasteiger partial charge in [0.2, 0.25) is 5.52 Å². The van der Waals surface area contributed by atoms with Gasteiger partial charge in [-0.2, -0.15) is 4.57 Å². The molecule has 3 rings (SSSR count). The van der Waals surface area contributed by atoms with E-state index in [0.29, 0.717) is 0 Å². The molecule has 0 amide bonds. The Bertz CT molecular complexity index is 706. The van der Waals surface area contributed by atoms with Gasteiger partial charge >= 0.3 is 0 Å². The second-order valence-corrected chi connectivity index (χ2v) is 5.00. The van der Waals surface area contributed by atoms with Crippen LogP contribution in [0, 0.1) is 20.8 Å². The summed E-state index contributed by atoms with van der Waals surface area (Å²) in [7, 11) is 2.12. The van der Waals surface area contributed by atoms with Crippen LogP contribution in [0.2, 0.25) is 0 Å². The topological polar surface area (TPSA) is 16.8 Å². The van der Waals surface area contributed by atoms with E-state index in [9.17, 15) is 0 Å². The summed E-state index contributed by atoms with van der Waals surface area (Å²) in [5.41, 5.74) is 6.19. The molecule has 90 valence electrons. The quantitative estimate of drug-likeness (QED) is 0.433. The predicted octanol–water partition coefficient (Wildman–Crippen LogP) is 3.14. The first-order valence-electron chi connectivity index (χ1n) is 6.24. The van der Waals surface area contributed by atoms with Gasteiger partial charge in [-0.1, -0.05) is 0 Å². The molecule has 0 bridgehead atoms. The van der Waals surface area contributed by atoms with E-state index < -0.39 is 0 Å². The van der Waals surface area contributed by atoms with E-state index in [1.807, 2.05) is 6.20 Å². The highest BCUT2D eigenvalue weighted by Crippen LogP contribution is 2.26. The maximum Gasteiger partial charge on any atom is 0.222 e. The van der Waals surface area contributed by atoms with Crippen LogP contribution in [0.25, 0.3) is 21.8 Å². The van der Waals surface area contributed by atoms with Gasteiger partial charge in [-0.15, -0.1) is 0 Å². The monoisotopic (exact) mass is 237 g/mol. The Morgan fingerprint density at radius 2 is 1.72 bits per heavy atom. The van der Waals surface area contributed by atoms with Crippen molar-refractivity contribution in [3.63, 3.8) is 0 Å². The van der Waals surface area contributed by atoms with Crippen molar-refractivity contribution in [2.45, 2.75) is 20.8 Å². The summed E-state index contributed by atoms with van der Waals surface area (Å²) in [5, 5.41) is 2.55. The summed E-state index contributed by atoms with van der Waals surface area (Å²) in [5.74, 6) is 0. The minimum Gasteiger partial charge on any atom is -0.256 e. The maximum atomic E-state index is 4.55. The average molecular weight is 237 g/mol. The third kappa shape index (κ3) is 1.42. The van der Waals surface area contributed by atoms with Crippen LogP contribution in [0.4, 0.5) is 0 Å². The van der Waals surface area contributed by atoms with E-state index in [0.717, 1.165) is 5.52 Å². The molecule has 3 aromatic rings. The summed E-state index contributed by atoms with van der Waals surface area (Å²) in [6.45, 7) is 6.44. The number of aryl methyl sites for hydroxylation is 4. The van der Waals surface area contributed by atoms with E-state index in [1.54, 1.807) is 0 Å². The Hall–Kier alpha value is -1.96. The normalized spacial score (nSPS) is 11.3. The van der Waals surface area contributed by atoms with Crippen LogP contribution in [0.1, 0.15) is 16.8 Å². The predicted molar refractivity (Wildman–Crippen MR) is 74.6 cm³/mol. The van der Waals surface area contributed by atoms with Crippen molar-refractivity contribution in [1.29, 1.82) is 0 Å². The van der Waals surface area contributed by atoms with Gasteiger partial charge in [0.1, 0.15) is 7.05 Å².